The van der Waals surface area contributed by atoms with E-state index in [-0.39, 0.29) is 30.5 Å². The van der Waals surface area contributed by atoms with E-state index in [9.17, 15) is 9.18 Å². The van der Waals surface area contributed by atoms with Crippen LogP contribution in [0.25, 0.3) is 0 Å². The number of carbonyl (C=O) groups is 1. The maximum Gasteiger partial charge on any atom is 0.180 e. The Morgan fingerprint density at radius 3 is 2.68 bits per heavy atom. The number of methoxy groups -OCH3 is 1. The maximum atomic E-state index is 13.2. The Morgan fingerprint density at radius 1 is 1.47 bits per heavy atom. The first-order chi connectivity index (χ1) is 8.99. The Balaban J connectivity index is 2.90. The van der Waals surface area contributed by atoms with Crippen LogP contribution in [0.1, 0.15) is 24.2 Å². The SMILES string of the molecule is COc1ccc(F)cc1C(=O)CN(CCO)C(C)C. The van der Waals surface area contributed by atoms with Gasteiger partial charge in [0.1, 0.15) is 11.6 Å². The fourth-order valence-corrected chi connectivity index (χ4v) is 1.82. The van der Waals surface area contributed by atoms with Gasteiger partial charge in [-0.3, -0.25) is 9.69 Å². The number of rotatable bonds is 7. The molecule has 0 aliphatic carbocycles. The van der Waals surface area contributed by atoms with Crippen LogP contribution in [0.5, 0.6) is 5.75 Å². The summed E-state index contributed by atoms with van der Waals surface area (Å²) in [7, 11) is 1.44. The number of nitrogens with zero attached hydrogens (tertiary/aromatic N) is 1. The molecule has 1 aromatic rings. The molecule has 5 heteroatoms. The molecular weight excluding hydrogens is 249 g/mol. The minimum absolute atomic E-state index is 0.0221. The number of benzene rings is 1. The monoisotopic (exact) mass is 269 g/mol. The quantitative estimate of drug-likeness (QED) is 0.766. The summed E-state index contributed by atoms with van der Waals surface area (Å²) < 4.78 is 18.3. The van der Waals surface area contributed by atoms with Gasteiger partial charge in [0.05, 0.1) is 25.8 Å². The highest BCUT2D eigenvalue weighted by molar-refractivity contribution is 6.00. The fraction of sp³-hybridized carbons (Fsp3) is 0.500. The molecule has 0 unspecified atom stereocenters. The molecular formula is C14H20FNO3. The highest BCUT2D eigenvalue weighted by Crippen LogP contribution is 2.20. The number of hydrogen-bond donors (Lipinski definition) is 1. The standard InChI is InChI=1S/C14H20FNO3/c1-10(2)16(6-7-17)9-13(18)12-8-11(15)4-5-14(12)19-3/h4-5,8,10,17H,6-7,9H2,1-3H3. The summed E-state index contributed by atoms with van der Waals surface area (Å²) in [6.45, 7) is 4.38. The zero-order valence-electron chi connectivity index (χ0n) is 11.5. The first-order valence-corrected chi connectivity index (χ1v) is 6.21. The van der Waals surface area contributed by atoms with Gasteiger partial charge in [-0.2, -0.15) is 0 Å². The van der Waals surface area contributed by atoms with Gasteiger partial charge in [-0.1, -0.05) is 0 Å². The first kappa shape index (κ1) is 15.6. The third-order valence-corrected chi connectivity index (χ3v) is 2.93. The third-order valence-electron chi connectivity index (χ3n) is 2.93. The molecule has 0 aliphatic rings. The Labute approximate surface area is 112 Å². The predicted octanol–water partition coefficient (Wildman–Crippen LogP) is 1.72. The lowest BCUT2D eigenvalue weighted by atomic mass is 10.1. The number of aliphatic hydroxyl groups is 1. The van der Waals surface area contributed by atoms with E-state index in [2.05, 4.69) is 0 Å². The summed E-state index contributed by atoms with van der Waals surface area (Å²) in [5, 5.41) is 8.98. The van der Waals surface area contributed by atoms with E-state index in [1.165, 1.54) is 25.3 Å². The molecule has 4 nitrogen and oxygen atoms in total. The zero-order chi connectivity index (χ0) is 14.4. The van der Waals surface area contributed by atoms with E-state index < -0.39 is 5.82 Å². The van der Waals surface area contributed by atoms with Crippen LogP contribution in [0.4, 0.5) is 4.39 Å². The van der Waals surface area contributed by atoms with E-state index in [4.69, 9.17) is 9.84 Å². The third kappa shape index (κ3) is 4.29. The van der Waals surface area contributed by atoms with Crippen molar-refractivity contribution in [1.29, 1.82) is 0 Å². The second-order valence-corrected chi connectivity index (χ2v) is 4.56. The molecule has 0 aliphatic heterocycles. The average molecular weight is 269 g/mol. The van der Waals surface area contributed by atoms with Crippen molar-refractivity contribution in [3.05, 3.63) is 29.6 Å². The smallest absolute Gasteiger partial charge is 0.180 e. The number of halogens is 1. The molecule has 0 atom stereocenters. The second kappa shape index (κ2) is 7.21. The Morgan fingerprint density at radius 2 is 2.16 bits per heavy atom. The van der Waals surface area contributed by atoms with Crippen molar-refractivity contribution in [3.8, 4) is 5.75 Å². The highest BCUT2D eigenvalue weighted by atomic mass is 19.1. The first-order valence-electron chi connectivity index (χ1n) is 6.21. The number of carbonyl (C=O) groups excluding carboxylic acids is 1. The normalized spacial score (nSPS) is 11.1. The zero-order valence-corrected chi connectivity index (χ0v) is 11.5. The van der Waals surface area contributed by atoms with Crippen LogP contribution in [-0.2, 0) is 0 Å². The molecule has 0 bridgehead atoms. The summed E-state index contributed by atoms with van der Waals surface area (Å²) in [6, 6.07) is 3.99. The van der Waals surface area contributed by atoms with Crippen molar-refractivity contribution >= 4 is 5.78 Å². The van der Waals surface area contributed by atoms with Crippen molar-refractivity contribution in [2.24, 2.45) is 0 Å². The Bertz CT molecular complexity index is 435. The molecule has 1 N–H and O–H groups in total. The van der Waals surface area contributed by atoms with Crippen molar-refractivity contribution in [1.82, 2.24) is 4.90 Å². The number of Topliss-reactive ketones (excluding diaryl/α,β-unsaturated/α-hetero) is 1. The Kier molecular flexibility index (Phi) is 5.92. The predicted molar refractivity (Wildman–Crippen MR) is 71.1 cm³/mol. The van der Waals surface area contributed by atoms with Gasteiger partial charge in [0.15, 0.2) is 5.78 Å². The van der Waals surface area contributed by atoms with E-state index in [0.717, 1.165) is 0 Å². The molecule has 0 radical (unpaired) electrons. The molecule has 0 saturated carbocycles. The van der Waals surface area contributed by atoms with Gasteiger partial charge in [0.25, 0.3) is 0 Å². The number of ether oxygens (including phenoxy) is 1. The molecule has 0 amide bonds. The molecule has 0 spiro atoms. The van der Waals surface area contributed by atoms with Crippen LogP contribution in [0.15, 0.2) is 18.2 Å². The number of hydrogen-bond acceptors (Lipinski definition) is 4. The van der Waals surface area contributed by atoms with Crippen molar-refractivity contribution in [2.75, 3.05) is 26.8 Å². The van der Waals surface area contributed by atoms with Crippen LogP contribution < -0.4 is 4.74 Å². The van der Waals surface area contributed by atoms with Crippen molar-refractivity contribution in [3.63, 3.8) is 0 Å². The average Bonchev–Trinajstić information content (AvgIpc) is 2.37. The van der Waals surface area contributed by atoms with Crippen LogP contribution in [0.2, 0.25) is 0 Å². The molecule has 1 rings (SSSR count). The molecule has 106 valence electrons. The van der Waals surface area contributed by atoms with Gasteiger partial charge in [0, 0.05) is 12.6 Å². The lowest BCUT2D eigenvalue weighted by Crippen LogP contribution is -2.37. The topological polar surface area (TPSA) is 49.8 Å². The number of ketones is 1. The lowest BCUT2D eigenvalue weighted by molar-refractivity contribution is 0.0878. The second-order valence-electron chi connectivity index (χ2n) is 4.56. The van der Waals surface area contributed by atoms with Gasteiger partial charge < -0.3 is 9.84 Å². The van der Waals surface area contributed by atoms with E-state index in [1.807, 2.05) is 18.7 Å². The minimum atomic E-state index is -0.470. The highest BCUT2D eigenvalue weighted by Gasteiger charge is 2.18. The molecule has 0 saturated heterocycles. The molecule has 0 heterocycles. The van der Waals surface area contributed by atoms with E-state index >= 15 is 0 Å². The Hall–Kier alpha value is -1.46. The summed E-state index contributed by atoms with van der Waals surface area (Å²) in [5.41, 5.74) is 0.228. The van der Waals surface area contributed by atoms with Crippen LogP contribution >= 0.6 is 0 Å². The molecule has 0 aromatic heterocycles. The minimum Gasteiger partial charge on any atom is -0.496 e. The van der Waals surface area contributed by atoms with Crippen LogP contribution in [0, 0.1) is 5.82 Å². The number of aliphatic hydroxyl groups excluding tert-OH is 1. The van der Waals surface area contributed by atoms with Crippen molar-refractivity contribution < 1.29 is 19.0 Å². The lowest BCUT2D eigenvalue weighted by Gasteiger charge is -2.24. The van der Waals surface area contributed by atoms with E-state index in [1.54, 1.807) is 0 Å². The molecule has 19 heavy (non-hydrogen) atoms. The van der Waals surface area contributed by atoms with Crippen LogP contribution in [0.3, 0.4) is 0 Å². The van der Waals surface area contributed by atoms with Crippen molar-refractivity contribution in [2.45, 2.75) is 19.9 Å². The summed E-state index contributed by atoms with van der Waals surface area (Å²) in [6.07, 6.45) is 0. The summed E-state index contributed by atoms with van der Waals surface area (Å²) in [5.74, 6) is -0.333. The summed E-state index contributed by atoms with van der Waals surface area (Å²) in [4.78, 5) is 14.0. The van der Waals surface area contributed by atoms with Crippen LogP contribution in [-0.4, -0.2) is 48.6 Å². The van der Waals surface area contributed by atoms with Gasteiger partial charge in [-0.25, -0.2) is 4.39 Å². The van der Waals surface area contributed by atoms with Gasteiger partial charge >= 0.3 is 0 Å². The molecule has 1 aromatic carbocycles. The fourth-order valence-electron chi connectivity index (χ4n) is 1.82. The van der Waals surface area contributed by atoms with Gasteiger partial charge in [-0.15, -0.1) is 0 Å². The summed E-state index contributed by atoms with van der Waals surface area (Å²) >= 11 is 0. The van der Waals surface area contributed by atoms with Gasteiger partial charge in [0.2, 0.25) is 0 Å². The van der Waals surface area contributed by atoms with Gasteiger partial charge in [-0.05, 0) is 32.0 Å². The maximum absolute atomic E-state index is 13.2. The van der Waals surface area contributed by atoms with E-state index in [0.29, 0.717) is 12.3 Å². The molecule has 0 fully saturated rings. The largest absolute Gasteiger partial charge is 0.496 e.